The molecule has 0 radical (unpaired) electrons. The molecule has 0 bridgehead atoms. The third-order valence-electron chi connectivity index (χ3n) is 4.37. The smallest absolute Gasteiger partial charge is 0.0972 e. The Bertz CT molecular complexity index is 840. The van der Waals surface area contributed by atoms with Crippen LogP contribution in [-0.2, 0) is 6.54 Å². The van der Waals surface area contributed by atoms with Gasteiger partial charge in [-0.3, -0.25) is 4.90 Å². The Balaban J connectivity index is 2.06. The first-order chi connectivity index (χ1) is 12.1. The predicted octanol–water partition coefficient (Wildman–Crippen LogP) is 3.58. The van der Waals surface area contributed by atoms with Crippen molar-refractivity contribution in [2.24, 2.45) is 0 Å². The lowest BCUT2D eigenvalue weighted by Gasteiger charge is -2.14. The van der Waals surface area contributed by atoms with E-state index in [4.69, 9.17) is 5.10 Å². The molecule has 25 heavy (non-hydrogen) atoms. The van der Waals surface area contributed by atoms with E-state index in [1.165, 1.54) is 11.1 Å². The van der Waals surface area contributed by atoms with E-state index in [1.54, 1.807) is 0 Å². The third-order valence-corrected chi connectivity index (χ3v) is 4.37. The van der Waals surface area contributed by atoms with Gasteiger partial charge in [0, 0.05) is 30.4 Å². The molecular formula is C21H25N3O. The maximum Gasteiger partial charge on any atom is 0.0972 e. The monoisotopic (exact) mass is 335 g/mol. The fourth-order valence-corrected chi connectivity index (χ4v) is 2.99. The van der Waals surface area contributed by atoms with Crippen molar-refractivity contribution in [2.75, 3.05) is 20.2 Å². The topological polar surface area (TPSA) is 41.3 Å². The number of aliphatic hydroxyl groups excluding tert-OH is 1. The Hall–Kier alpha value is -2.43. The second-order valence-electron chi connectivity index (χ2n) is 6.56. The number of benzene rings is 2. The van der Waals surface area contributed by atoms with Crippen LogP contribution in [0.4, 0.5) is 0 Å². The summed E-state index contributed by atoms with van der Waals surface area (Å²) >= 11 is 0. The van der Waals surface area contributed by atoms with E-state index in [0.717, 1.165) is 29.1 Å². The Labute approximate surface area is 149 Å². The molecule has 0 aliphatic heterocycles. The van der Waals surface area contributed by atoms with Crippen molar-refractivity contribution < 1.29 is 5.11 Å². The summed E-state index contributed by atoms with van der Waals surface area (Å²) in [4.78, 5) is 2.11. The van der Waals surface area contributed by atoms with E-state index < -0.39 is 0 Å². The molecule has 1 heterocycles. The standard InChI is InChI=1S/C21H25N3O/c1-16-9-10-17(2)20(13-16)24-15-19(14-23(3)11-12-25)21(22-24)18-7-5-4-6-8-18/h4-10,13,15,25H,11-12,14H2,1-3H3. The molecule has 4 heteroatoms. The van der Waals surface area contributed by atoms with E-state index in [0.29, 0.717) is 6.54 Å². The Morgan fingerprint density at radius 3 is 2.56 bits per heavy atom. The highest BCUT2D eigenvalue weighted by atomic mass is 16.3. The minimum absolute atomic E-state index is 0.155. The number of aromatic nitrogens is 2. The highest BCUT2D eigenvalue weighted by Gasteiger charge is 2.14. The lowest BCUT2D eigenvalue weighted by Crippen LogP contribution is -2.21. The van der Waals surface area contributed by atoms with Crippen LogP contribution in [0.1, 0.15) is 16.7 Å². The number of aryl methyl sites for hydroxylation is 2. The van der Waals surface area contributed by atoms with Gasteiger partial charge in [-0.1, -0.05) is 42.5 Å². The maximum absolute atomic E-state index is 9.19. The lowest BCUT2D eigenvalue weighted by atomic mass is 10.1. The molecule has 0 fully saturated rings. The van der Waals surface area contributed by atoms with Gasteiger partial charge in [0.25, 0.3) is 0 Å². The SMILES string of the molecule is Cc1ccc(C)c(-n2cc(CN(C)CCO)c(-c3ccccc3)n2)c1. The average Bonchev–Trinajstić information content (AvgIpc) is 3.01. The molecule has 130 valence electrons. The summed E-state index contributed by atoms with van der Waals surface area (Å²) in [6.45, 7) is 5.75. The molecule has 3 rings (SSSR count). The van der Waals surface area contributed by atoms with Crippen LogP contribution in [0.2, 0.25) is 0 Å². The number of hydrogen-bond acceptors (Lipinski definition) is 3. The zero-order valence-electron chi connectivity index (χ0n) is 15.1. The van der Waals surface area contributed by atoms with Gasteiger partial charge in [-0.15, -0.1) is 0 Å². The molecule has 0 amide bonds. The van der Waals surface area contributed by atoms with Crippen molar-refractivity contribution in [1.29, 1.82) is 0 Å². The highest BCUT2D eigenvalue weighted by Crippen LogP contribution is 2.26. The second-order valence-corrected chi connectivity index (χ2v) is 6.56. The molecule has 0 spiro atoms. The minimum Gasteiger partial charge on any atom is -0.395 e. The number of nitrogens with zero attached hydrogens (tertiary/aromatic N) is 3. The molecule has 1 N–H and O–H groups in total. The van der Waals surface area contributed by atoms with Crippen LogP contribution in [0.5, 0.6) is 0 Å². The van der Waals surface area contributed by atoms with Crippen molar-refractivity contribution in [3.8, 4) is 16.9 Å². The van der Waals surface area contributed by atoms with E-state index in [1.807, 2.05) is 29.9 Å². The molecule has 0 unspecified atom stereocenters. The van der Waals surface area contributed by atoms with Crippen LogP contribution < -0.4 is 0 Å². The van der Waals surface area contributed by atoms with Crippen LogP contribution in [0.3, 0.4) is 0 Å². The fraction of sp³-hybridized carbons (Fsp3) is 0.286. The van der Waals surface area contributed by atoms with Gasteiger partial charge in [-0.25, -0.2) is 4.68 Å². The maximum atomic E-state index is 9.19. The summed E-state index contributed by atoms with van der Waals surface area (Å²) in [7, 11) is 2.01. The summed E-state index contributed by atoms with van der Waals surface area (Å²) in [5.41, 5.74) is 6.78. The summed E-state index contributed by atoms with van der Waals surface area (Å²) in [6, 6.07) is 16.7. The molecule has 4 nitrogen and oxygen atoms in total. The molecule has 0 saturated carbocycles. The highest BCUT2D eigenvalue weighted by molar-refractivity contribution is 5.63. The first-order valence-electron chi connectivity index (χ1n) is 8.59. The van der Waals surface area contributed by atoms with E-state index in [-0.39, 0.29) is 6.61 Å². The van der Waals surface area contributed by atoms with Crippen molar-refractivity contribution in [3.05, 3.63) is 71.4 Å². The zero-order valence-corrected chi connectivity index (χ0v) is 15.1. The first-order valence-corrected chi connectivity index (χ1v) is 8.59. The van der Waals surface area contributed by atoms with Gasteiger partial charge in [0.1, 0.15) is 0 Å². The van der Waals surface area contributed by atoms with Gasteiger partial charge in [0.2, 0.25) is 0 Å². The summed E-state index contributed by atoms with van der Waals surface area (Å²) in [5.74, 6) is 0. The second kappa shape index (κ2) is 7.64. The number of rotatable bonds is 6. The lowest BCUT2D eigenvalue weighted by molar-refractivity contribution is 0.217. The van der Waals surface area contributed by atoms with Gasteiger partial charge in [0.15, 0.2) is 0 Å². The Kier molecular flexibility index (Phi) is 5.31. The van der Waals surface area contributed by atoms with Crippen molar-refractivity contribution in [3.63, 3.8) is 0 Å². The summed E-state index contributed by atoms with van der Waals surface area (Å²) < 4.78 is 1.98. The molecule has 0 saturated heterocycles. The molecule has 0 aliphatic rings. The van der Waals surface area contributed by atoms with E-state index in [9.17, 15) is 5.11 Å². The summed E-state index contributed by atoms with van der Waals surface area (Å²) in [5, 5.41) is 14.1. The molecule has 0 aliphatic carbocycles. The van der Waals surface area contributed by atoms with Crippen LogP contribution in [0, 0.1) is 13.8 Å². The third kappa shape index (κ3) is 3.98. The van der Waals surface area contributed by atoms with Crippen molar-refractivity contribution >= 4 is 0 Å². The van der Waals surface area contributed by atoms with Crippen LogP contribution in [0.25, 0.3) is 16.9 Å². The van der Waals surface area contributed by atoms with Gasteiger partial charge in [-0.05, 0) is 38.1 Å². The van der Waals surface area contributed by atoms with Gasteiger partial charge in [-0.2, -0.15) is 5.10 Å². The summed E-state index contributed by atoms with van der Waals surface area (Å²) in [6.07, 6.45) is 2.11. The zero-order chi connectivity index (χ0) is 17.8. The predicted molar refractivity (Wildman–Crippen MR) is 102 cm³/mol. The first kappa shape index (κ1) is 17.4. The largest absolute Gasteiger partial charge is 0.395 e. The fourth-order valence-electron chi connectivity index (χ4n) is 2.99. The normalized spacial score (nSPS) is 11.2. The Morgan fingerprint density at radius 2 is 1.84 bits per heavy atom. The molecule has 3 aromatic rings. The van der Waals surface area contributed by atoms with Crippen LogP contribution in [0.15, 0.2) is 54.7 Å². The minimum atomic E-state index is 0.155. The van der Waals surface area contributed by atoms with Gasteiger partial charge >= 0.3 is 0 Å². The van der Waals surface area contributed by atoms with Gasteiger partial charge in [0.05, 0.1) is 18.0 Å². The molecule has 1 aromatic heterocycles. The quantitative estimate of drug-likeness (QED) is 0.748. The van der Waals surface area contributed by atoms with Gasteiger partial charge < -0.3 is 5.11 Å². The number of hydrogen-bond donors (Lipinski definition) is 1. The molecule has 2 aromatic carbocycles. The van der Waals surface area contributed by atoms with Crippen LogP contribution in [-0.4, -0.2) is 40.0 Å². The Morgan fingerprint density at radius 1 is 1.08 bits per heavy atom. The number of aliphatic hydroxyl groups is 1. The molecular weight excluding hydrogens is 310 g/mol. The average molecular weight is 335 g/mol. The number of likely N-dealkylation sites (N-methyl/N-ethyl adjacent to an activating group) is 1. The van der Waals surface area contributed by atoms with E-state index >= 15 is 0 Å². The van der Waals surface area contributed by atoms with E-state index in [2.05, 4.69) is 55.3 Å². The van der Waals surface area contributed by atoms with Crippen molar-refractivity contribution in [2.45, 2.75) is 20.4 Å². The molecule has 0 atom stereocenters. The van der Waals surface area contributed by atoms with Crippen LogP contribution >= 0.6 is 0 Å². The van der Waals surface area contributed by atoms with Crippen molar-refractivity contribution in [1.82, 2.24) is 14.7 Å².